The maximum atomic E-state index is 12.8. The van der Waals surface area contributed by atoms with Gasteiger partial charge in [0, 0.05) is 42.1 Å². The summed E-state index contributed by atoms with van der Waals surface area (Å²) in [7, 11) is 1.62. The molecule has 5 nitrogen and oxygen atoms in total. The minimum absolute atomic E-state index is 0.0590. The summed E-state index contributed by atoms with van der Waals surface area (Å²) in [5.74, 6) is 0.481. The van der Waals surface area contributed by atoms with E-state index < -0.39 is 0 Å². The molecule has 1 aromatic heterocycles. The lowest BCUT2D eigenvalue weighted by molar-refractivity contribution is -0.134. The van der Waals surface area contributed by atoms with Crippen LogP contribution in [0.1, 0.15) is 11.3 Å². The molecular formula is C23H24Cl2N2O3. The third-order valence-electron chi connectivity index (χ3n) is 4.67. The Morgan fingerprint density at radius 1 is 1.03 bits per heavy atom. The van der Waals surface area contributed by atoms with E-state index in [4.69, 9.17) is 32.7 Å². The van der Waals surface area contributed by atoms with Gasteiger partial charge in [-0.1, -0.05) is 41.4 Å². The summed E-state index contributed by atoms with van der Waals surface area (Å²) in [6.45, 7) is 1.93. The number of hydrogen-bond acceptors (Lipinski definition) is 3. The van der Waals surface area contributed by atoms with Gasteiger partial charge in [-0.05, 0) is 48.0 Å². The van der Waals surface area contributed by atoms with Crippen molar-refractivity contribution in [2.45, 2.75) is 13.1 Å². The third-order valence-corrected chi connectivity index (χ3v) is 5.29. The van der Waals surface area contributed by atoms with Crippen molar-refractivity contribution in [3.63, 3.8) is 0 Å². The molecule has 0 aliphatic heterocycles. The van der Waals surface area contributed by atoms with Crippen LogP contribution < -0.4 is 4.74 Å². The normalized spacial score (nSPS) is 10.8. The molecule has 0 atom stereocenters. The van der Waals surface area contributed by atoms with Crippen LogP contribution in [0.3, 0.4) is 0 Å². The van der Waals surface area contributed by atoms with Crippen molar-refractivity contribution >= 4 is 29.1 Å². The number of aromatic nitrogens is 1. The molecule has 0 spiro atoms. The minimum atomic E-state index is -0.118. The zero-order valence-electron chi connectivity index (χ0n) is 16.8. The largest absolute Gasteiger partial charge is 0.484 e. The van der Waals surface area contributed by atoms with Gasteiger partial charge in [0.2, 0.25) is 0 Å². The molecule has 0 bridgehead atoms. The van der Waals surface area contributed by atoms with E-state index in [0.29, 0.717) is 37.0 Å². The molecular weight excluding hydrogens is 423 g/mol. The van der Waals surface area contributed by atoms with Crippen LogP contribution >= 0.6 is 23.2 Å². The standard InChI is InChI=1S/C23H24Cl2N2O3/c1-29-14-13-27(23(28)17-30-21-10-8-19(24)9-11-21)16-20-6-4-12-26(20)15-18-5-2-3-7-22(18)25/h2-12H,13-17H2,1H3. The quantitative estimate of drug-likeness (QED) is 0.444. The number of methoxy groups -OCH3 is 1. The first-order valence-electron chi connectivity index (χ1n) is 9.59. The number of rotatable bonds is 10. The van der Waals surface area contributed by atoms with E-state index in [-0.39, 0.29) is 12.5 Å². The highest BCUT2D eigenvalue weighted by atomic mass is 35.5. The fourth-order valence-electron chi connectivity index (χ4n) is 3.01. The second kappa shape index (κ2) is 11.1. The number of carbonyl (C=O) groups excluding carboxylic acids is 1. The molecule has 1 amide bonds. The Balaban J connectivity index is 1.67. The second-order valence-corrected chi connectivity index (χ2v) is 7.61. The van der Waals surface area contributed by atoms with Gasteiger partial charge in [0.15, 0.2) is 6.61 Å². The Bertz CT molecular complexity index is 957. The van der Waals surface area contributed by atoms with Gasteiger partial charge in [0.25, 0.3) is 5.91 Å². The van der Waals surface area contributed by atoms with Gasteiger partial charge in [0.1, 0.15) is 5.75 Å². The second-order valence-electron chi connectivity index (χ2n) is 6.77. The number of nitrogens with zero attached hydrogens (tertiary/aromatic N) is 2. The smallest absolute Gasteiger partial charge is 0.260 e. The predicted octanol–water partition coefficient (Wildman–Crippen LogP) is 4.90. The van der Waals surface area contributed by atoms with E-state index in [9.17, 15) is 4.79 Å². The SMILES string of the molecule is COCCN(Cc1cccn1Cc1ccccc1Cl)C(=O)COc1ccc(Cl)cc1. The van der Waals surface area contributed by atoms with Gasteiger partial charge in [-0.15, -0.1) is 0 Å². The van der Waals surface area contributed by atoms with Crippen LogP contribution in [0, 0.1) is 0 Å². The Morgan fingerprint density at radius 2 is 1.80 bits per heavy atom. The molecule has 0 fully saturated rings. The summed E-state index contributed by atoms with van der Waals surface area (Å²) in [6, 6.07) is 18.7. The summed E-state index contributed by atoms with van der Waals surface area (Å²) in [6.07, 6.45) is 1.99. The van der Waals surface area contributed by atoms with Crippen molar-refractivity contribution in [2.24, 2.45) is 0 Å². The molecule has 0 aliphatic carbocycles. The van der Waals surface area contributed by atoms with E-state index in [1.807, 2.05) is 42.6 Å². The van der Waals surface area contributed by atoms with Crippen molar-refractivity contribution in [3.8, 4) is 5.75 Å². The summed E-state index contributed by atoms with van der Waals surface area (Å²) in [5.41, 5.74) is 2.03. The molecule has 3 aromatic rings. The molecule has 3 rings (SSSR count). The summed E-state index contributed by atoms with van der Waals surface area (Å²) in [5, 5.41) is 1.34. The molecule has 0 unspecified atom stereocenters. The van der Waals surface area contributed by atoms with Gasteiger partial charge in [0.05, 0.1) is 13.2 Å². The van der Waals surface area contributed by atoms with Crippen molar-refractivity contribution < 1.29 is 14.3 Å². The molecule has 0 saturated heterocycles. The van der Waals surface area contributed by atoms with Crippen molar-refractivity contribution in [1.82, 2.24) is 9.47 Å². The topological polar surface area (TPSA) is 43.7 Å². The van der Waals surface area contributed by atoms with Crippen LogP contribution in [0.2, 0.25) is 10.0 Å². The highest BCUT2D eigenvalue weighted by Gasteiger charge is 2.17. The van der Waals surface area contributed by atoms with Crippen LogP contribution in [0.15, 0.2) is 66.9 Å². The average Bonchev–Trinajstić information content (AvgIpc) is 3.18. The fraction of sp³-hybridized carbons (Fsp3) is 0.261. The summed E-state index contributed by atoms with van der Waals surface area (Å²) < 4.78 is 12.9. The predicted molar refractivity (Wildman–Crippen MR) is 119 cm³/mol. The van der Waals surface area contributed by atoms with Gasteiger partial charge in [-0.3, -0.25) is 4.79 Å². The summed E-state index contributed by atoms with van der Waals surface area (Å²) >= 11 is 12.2. The Hall–Kier alpha value is -2.47. The lowest BCUT2D eigenvalue weighted by Crippen LogP contribution is -2.37. The Morgan fingerprint density at radius 3 is 2.53 bits per heavy atom. The fourth-order valence-corrected chi connectivity index (χ4v) is 3.34. The number of amides is 1. The molecule has 7 heteroatoms. The van der Waals surface area contributed by atoms with Gasteiger partial charge in [-0.25, -0.2) is 0 Å². The molecule has 0 N–H and O–H groups in total. The first-order chi connectivity index (χ1) is 14.6. The molecule has 30 heavy (non-hydrogen) atoms. The summed E-state index contributed by atoms with van der Waals surface area (Å²) in [4.78, 5) is 14.6. The van der Waals surface area contributed by atoms with Crippen LogP contribution in [-0.2, 0) is 22.6 Å². The van der Waals surface area contributed by atoms with E-state index in [1.165, 1.54) is 0 Å². The molecule has 158 valence electrons. The maximum absolute atomic E-state index is 12.8. The molecule has 1 heterocycles. The highest BCUT2D eigenvalue weighted by Crippen LogP contribution is 2.19. The number of benzene rings is 2. The van der Waals surface area contributed by atoms with Crippen molar-refractivity contribution in [3.05, 3.63) is 88.2 Å². The zero-order chi connectivity index (χ0) is 21.3. The molecule has 0 radical (unpaired) electrons. The monoisotopic (exact) mass is 446 g/mol. The van der Waals surface area contributed by atoms with Crippen LogP contribution in [0.4, 0.5) is 0 Å². The number of hydrogen-bond donors (Lipinski definition) is 0. The van der Waals surface area contributed by atoms with Crippen LogP contribution in [0.5, 0.6) is 5.75 Å². The first-order valence-corrected chi connectivity index (χ1v) is 10.3. The van der Waals surface area contributed by atoms with Crippen LogP contribution in [0.25, 0.3) is 0 Å². The highest BCUT2D eigenvalue weighted by molar-refractivity contribution is 6.31. The molecule has 2 aromatic carbocycles. The third kappa shape index (κ3) is 6.26. The van der Waals surface area contributed by atoms with Gasteiger partial charge >= 0.3 is 0 Å². The van der Waals surface area contributed by atoms with E-state index >= 15 is 0 Å². The van der Waals surface area contributed by atoms with Gasteiger partial charge < -0.3 is 18.9 Å². The lowest BCUT2D eigenvalue weighted by atomic mass is 10.2. The Kier molecular flexibility index (Phi) is 8.20. The molecule has 0 saturated carbocycles. The van der Waals surface area contributed by atoms with Gasteiger partial charge in [-0.2, -0.15) is 0 Å². The van der Waals surface area contributed by atoms with E-state index in [2.05, 4.69) is 4.57 Å². The lowest BCUT2D eigenvalue weighted by Gasteiger charge is -2.23. The van der Waals surface area contributed by atoms with Crippen molar-refractivity contribution in [1.29, 1.82) is 0 Å². The first kappa shape index (κ1) is 22.2. The average molecular weight is 447 g/mol. The number of carbonyl (C=O) groups is 1. The van der Waals surface area contributed by atoms with E-state index in [0.717, 1.165) is 16.3 Å². The number of halogens is 2. The maximum Gasteiger partial charge on any atom is 0.260 e. The Labute approximate surface area is 186 Å². The van der Waals surface area contributed by atoms with Crippen molar-refractivity contribution in [2.75, 3.05) is 26.9 Å². The number of ether oxygens (including phenoxy) is 2. The van der Waals surface area contributed by atoms with E-state index in [1.54, 1.807) is 36.3 Å². The zero-order valence-corrected chi connectivity index (χ0v) is 18.3. The van der Waals surface area contributed by atoms with Crippen LogP contribution in [-0.4, -0.2) is 42.2 Å². The molecule has 0 aliphatic rings. The minimum Gasteiger partial charge on any atom is -0.484 e.